The molecule has 0 aliphatic rings. The standard InChI is InChI=1S/C21H16ClFN2O6/c1-11-17(19(25-31-11)18-14(22)7-4-8-15(18)23)21(28)30-10-16(26)24-13-6-3-5-12(9-13)20(27)29-2/h3-9H,10H2,1-2H3,(H,24,26). The Bertz CT molecular complexity index is 1140. The van der Waals surface area contributed by atoms with Crippen LogP contribution in [0, 0.1) is 12.7 Å². The van der Waals surface area contributed by atoms with E-state index in [4.69, 9.17) is 20.9 Å². The highest BCUT2D eigenvalue weighted by Gasteiger charge is 2.27. The second kappa shape index (κ2) is 9.40. The topological polar surface area (TPSA) is 108 Å². The molecule has 0 spiro atoms. The molecule has 0 aliphatic carbocycles. The first-order chi connectivity index (χ1) is 14.8. The molecule has 10 heteroatoms. The van der Waals surface area contributed by atoms with Crippen LogP contribution in [0.5, 0.6) is 0 Å². The van der Waals surface area contributed by atoms with Gasteiger partial charge in [-0.1, -0.05) is 28.9 Å². The number of benzene rings is 2. The molecule has 31 heavy (non-hydrogen) atoms. The van der Waals surface area contributed by atoms with Crippen molar-refractivity contribution in [3.63, 3.8) is 0 Å². The largest absolute Gasteiger partial charge is 0.465 e. The van der Waals surface area contributed by atoms with Crippen LogP contribution in [0.3, 0.4) is 0 Å². The highest BCUT2D eigenvalue weighted by molar-refractivity contribution is 6.33. The number of hydrogen-bond donors (Lipinski definition) is 1. The van der Waals surface area contributed by atoms with Gasteiger partial charge >= 0.3 is 11.9 Å². The Morgan fingerprint density at radius 2 is 1.90 bits per heavy atom. The number of esters is 2. The van der Waals surface area contributed by atoms with Crippen LogP contribution in [-0.2, 0) is 14.3 Å². The molecule has 1 aromatic heterocycles. The molecular formula is C21H16ClFN2O6. The summed E-state index contributed by atoms with van der Waals surface area (Å²) in [6.07, 6.45) is 0. The molecule has 2 aromatic carbocycles. The Balaban J connectivity index is 1.72. The Morgan fingerprint density at radius 3 is 2.61 bits per heavy atom. The fraction of sp³-hybridized carbons (Fsp3) is 0.143. The van der Waals surface area contributed by atoms with Gasteiger partial charge in [0.25, 0.3) is 5.91 Å². The van der Waals surface area contributed by atoms with E-state index in [0.29, 0.717) is 5.69 Å². The van der Waals surface area contributed by atoms with Crippen molar-refractivity contribution in [3.05, 3.63) is 70.2 Å². The number of carbonyl (C=O) groups excluding carboxylic acids is 3. The summed E-state index contributed by atoms with van der Waals surface area (Å²) in [5, 5.41) is 6.24. The first-order valence-corrected chi connectivity index (χ1v) is 9.25. The number of halogens is 2. The smallest absolute Gasteiger partial charge is 0.344 e. The molecule has 1 N–H and O–H groups in total. The van der Waals surface area contributed by atoms with E-state index in [1.807, 2.05) is 0 Å². The Hall–Kier alpha value is -3.72. The number of nitrogens with zero attached hydrogens (tertiary/aromatic N) is 1. The molecule has 0 saturated heterocycles. The van der Waals surface area contributed by atoms with Crippen molar-refractivity contribution in [3.8, 4) is 11.3 Å². The number of hydrogen-bond acceptors (Lipinski definition) is 7. The lowest BCUT2D eigenvalue weighted by atomic mass is 10.1. The van der Waals surface area contributed by atoms with Crippen molar-refractivity contribution in [1.29, 1.82) is 0 Å². The predicted molar refractivity (Wildman–Crippen MR) is 108 cm³/mol. The Labute approximate surface area is 180 Å². The summed E-state index contributed by atoms with van der Waals surface area (Å²) >= 11 is 6.04. The van der Waals surface area contributed by atoms with Crippen LogP contribution in [-0.4, -0.2) is 36.7 Å². The minimum absolute atomic E-state index is 0.0329. The third-order valence-electron chi connectivity index (χ3n) is 4.17. The van der Waals surface area contributed by atoms with Crippen molar-refractivity contribution in [2.45, 2.75) is 6.92 Å². The summed E-state index contributed by atoms with van der Waals surface area (Å²) in [5.41, 5.74) is 0.161. The van der Waals surface area contributed by atoms with Gasteiger partial charge in [-0.15, -0.1) is 0 Å². The summed E-state index contributed by atoms with van der Waals surface area (Å²) in [5.74, 6) is -2.78. The summed E-state index contributed by atoms with van der Waals surface area (Å²) < 4.78 is 28.9. The molecule has 0 radical (unpaired) electrons. The van der Waals surface area contributed by atoms with Gasteiger partial charge in [0.2, 0.25) is 0 Å². The Kier molecular flexibility index (Phi) is 6.66. The predicted octanol–water partition coefficient (Wildman–Crippen LogP) is 4.02. The molecule has 3 aromatic rings. The fourth-order valence-corrected chi connectivity index (χ4v) is 3.00. The highest BCUT2D eigenvalue weighted by atomic mass is 35.5. The van der Waals surface area contributed by atoms with Crippen LogP contribution in [0.2, 0.25) is 5.02 Å². The average Bonchev–Trinajstić information content (AvgIpc) is 3.12. The van der Waals surface area contributed by atoms with Gasteiger partial charge in [0.05, 0.1) is 23.3 Å². The minimum Gasteiger partial charge on any atom is -0.465 e. The lowest BCUT2D eigenvalue weighted by molar-refractivity contribution is -0.119. The average molecular weight is 447 g/mol. The molecule has 160 valence electrons. The molecule has 0 unspecified atom stereocenters. The zero-order valence-electron chi connectivity index (χ0n) is 16.4. The van der Waals surface area contributed by atoms with Crippen molar-refractivity contribution in [2.75, 3.05) is 19.0 Å². The maximum atomic E-state index is 14.2. The van der Waals surface area contributed by atoms with E-state index in [9.17, 15) is 18.8 Å². The van der Waals surface area contributed by atoms with Gasteiger partial charge in [-0.3, -0.25) is 4.79 Å². The van der Waals surface area contributed by atoms with Crippen LogP contribution >= 0.6 is 11.6 Å². The SMILES string of the molecule is COC(=O)c1cccc(NC(=O)COC(=O)c2c(-c3c(F)cccc3Cl)noc2C)c1. The van der Waals surface area contributed by atoms with Gasteiger partial charge in [-0.25, -0.2) is 14.0 Å². The molecule has 0 aliphatic heterocycles. The normalized spacial score (nSPS) is 10.5. The summed E-state index contributed by atoms with van der Waals surface area (Å²) in [7, 11) is 1.24. The summed E-state index contributed by atoms with van der Waals surface area (Å²) in [4.78, 5) is 36.3. The van der Waals surface area contributed by atoms with Gasteiger partial charge in [-0.2, -0.15) is 0 Å². The second-order valence-electron chi connectivity index (χ2n) is 6.26. The van der Waals surface area contributed by atoms with Gasteiger partial charge in [-0.05, 0) is 37.3 Å². The van der Waals surface area contributed by atoms with Crippen LogP contribution < -0.4 is 5.32 Å². The fourth-order valence-electron chi connectivity index (χ4n) is 2.75. The molecule has 1 amide bonds. The maximum Gasteiger partial charge on any atom is 0.344 e. The van der Waals surface area contributed by atoms with Gasteiger partial charge < -0.3 is 19.3 Å². The second-order valence-corrected chi connectivity index (χ2v) is 6.66. The van der Waals surface area contributed by atoms with Gasteiger partial charge in [0, 0.05) is 5.69 Å². The number of rotatable bonds is 6. The van der Waals surface area contributed by atoms with E-state index in [1.54, 1.807) is 12.1 Å². The number of nitrogens with one attached hydrogen (secondary N) is 1. The van der Waals surface area contributed by atoms with Crippen molar-refractivity contribution < 1.29 is 32.8 Å². The van der Waals surface area contributed by atoms with Crippen LogP contribution in [0.25, 0.3) is 11.3 Å². The van der Waals surface area contributed by atoms with E-state index in [2.05, 4.69) is 15.2 Å². The van der Waals surface area contributed by atoms with Crippen LogP contribution in [0.1, 0.15) is 26.5 Å². The quantitative estimate of drug-likeness (QED) is 0.569. The van der Waals surface area contributed by atoms with Crippen molar-refractivity contribution in [1.82, 2.24) is 5.16 Å². The number of methoxy groups -OCH3 is 1. The van der Waals surface area contributed by atoms with E-state index in [1.165, 1.54) is 38.3 Å². The summed E-state index contributed by atoms with van der Waals surface area (Å²) in [6.45, 7) is 0.802. The van der Waals surface area contributed by atoms with E-state index < -0.39 is 30.3 Å². The van der Waals surface area contributed by atoms with Crippen molar-refractivity contribution >= 4 is 35.1 Å². The minimum atomic E-state index is -0.938. The number of ether oxygens (including phenoxy) is 2. The summed E-state index contributed by atoms with van der Waals surface area (Å²) in [6, 6.07) is 10.0. The molecule has 0 atom stereocenters. The zero-order valence-corrected chi connectivity index (χ0v) is 17.2. The van der Waals surface area contributed by atoms with E-state index in [0.717, 1.165) is 6.07 Å². The molecule has 0 fully saturated rings. The van der Waals surface area contributed by atoms with E-state index >= 15 is 0 Å². The molecule has 1 heterocycles. The van der Waals surface area contributed by atoms with Crippen LogP contribution in [0.15, 0.2) is 47.0 Å². The first-order valence-electron chi connectivity index (χ1n) is 8.87. The third-order valence-corrected chi connectivity index (χ3v) is 4.48. The molecule has 0 saturated carbocycles. The Morgan fingerprint density at radius 1 is 1.16 bits per heavy atom. The highest BCUT2D eigenvalue weighted by Crippen LogP contribution is 2.33. The molecular weight excluding hydrogens is 431 g/mol. The van der Waals surface area contributed by atoms with Gasteiger partial charge in [0.15, 0.2) is 6.61 Å². The molecule has 3 rings (SSSR count). The molecule has 0 bridgehead atoms. The number of aromatic nitrogens is 1. The monoisotopic (exact) mass is 446 g/mol. The first kappa shape index (κ1) is 22.0. The number of anilines is 1. The van der Waals surface area contributed by atoms with Gasteiger partial charge in [0.1, 0.15) is 22.8 Å². The third kappa shape index (κ3) is 4.89. The maximum absolute atomic E-state index is 14.2. The van der Waals surface area contributed by atoms with E-state index in [-0.39, 0.29) is 33.2 Å². The number of carbonyl (C=O) groups is 3. The zero-order chi connectivity index (χ0) is 22.5. The van der Waals surface area contributed by atoms with Crippen LogP contribution in [0.4, 0.5) is 10.1 Å². The molecule has 8 nitrogen and oxygen atoms in total. The lowest BCUT2D eigenvalue weighted by Gasteiger charge is -2.08. The van der Waals surface area contributed by atoms with Crippen molar-refractivity contribution in [2.24, 2.45) is 0 Å². The number of aryl methyl sites for hydroxylation is 1. The number of amides is 1. The lowest BCUT2D eigenvalue weighted by Crippen LogP contribution is -2.21.